The third-order valence-electron chi connectivity index (χ3n) is 5.43. The molecule has 1 atom stereocenters. The number of amides is 2. The van der Waals surface area contributed by atoms with E-state index in [4.69, 9.17) is 9.47 Å². The van der Waals surface area contributed by atoms with E-state index < -0.39 is 6.61 Å². The van der Waals surface area contributed by atoms with Crippen molar-refractivity contribution in [2.75, 3.05) is 13.3 Å². The average molecular weight is 354 g/mol. The summed E-state index contributed by atoms with van der Waals surface area (Å²) in [5.74, 6) is 1.34. The molecule has 3 aliphatic rings. The molecule has 2 fully saturated rings. The third kappa shape index (κ3) is 3.29. The van der Waals surface area contributed by atoms with Crippen molar-refractivity contribution in [3.8, 4) is 17.2 Å². The minimum absolute atomic E-state index is 0.0317. The molecule has 1 unspecified atom stereocenters. The van der Waals surface area contributed by atoms with E-state index in [1.54, 1.807) is 6.07 Å². The lowest BCUT2D eigenvalue weighted by Crippen LogP contribution is -2.37. The van der Waals surface area contributed by atoms with Crippen molar-refractivity contribution in [2.24, 2.45) is 11.3 Å². The Morgan fingerprint density at radius 1 is 1.28 bits per heavy atom. The number of alkyl halides is 2. The first-order chi connectivity index (χ1) is 12.1. The van der Waals surface area contributed by atoms with Crippen LogP contribution >= 0.6 is 0 Å². The number of carbonyl (C=O) groups is 1. The molecule has 1 aromatic rings. The van der Waals surface area contributed by atoms with Crippen LogP contribution < -0.4 is 24.8 Å². The van der Waals surface area contributed by atoms with E-state index in [9.17, 15) is 13.6 Å². The lowest BCUT2D eigenvalue weighted by molar-refractivity contribution is -0.0505. The summed E-state index contributed by atoms with van der Waals surface area (Å²) >= 11 is 0. The zero-order chi connectivity index (χ0) is 17.4. The Morgan fingerprint density at radius 3 is 2.68 bits per heavy atom. The van der Waals surface area contributed by atoms with Gasteiger partial charge < -0.3 is 24.8 Å². The molecule has 1 heterocycles. The van der Waals surface area contributed by atoms with Gasteiger partial charge in [-0.25, -0.2) is 4.79 Å². The molecular formula is C17H20F2N2O4. The van der Waals surface area contributed by atoms with E-state index in [-0.39, 0.29) is 25.1 Å². The van der Waals surface area contributed by atoms with Crippen LogP contribution in [-0.4, -0.2) is 26.0 Å². The van der Waals surface area contributed by atoms with Crippen LogP contribution in [0.2, 0.25) is 0 Å². The van der Waals surface area contributed by atoms with Crippen molar-refractivity contribution < 1.29 is 27.8 Å². The van der Waals surface area contributed by atoms with Gasteiger partial charge in [0.15, 0.2) is 11.5 Å². The number of nitrogens with one attached hydrogen (secondary N) is 2. The van der Waals surface area contributed by atoms with Crippen molar-refractivity contribution in [3.05, 3.63) is 17.7 Å². The number of hydrogen-bond donors (Lipinski definition) is 2. The maximum atomic E-state index is 12.6. The lowest BCUT2D eigenvalue weighted by atomic mass is 9.80. The predicted molar refractivity (Wildman–Crippen MR) is 83.8 cm³/mol. The first-order valence-electron chi connectivity index (χ1n) is 8.45. The van der Waals surface area contributed by atoms with Crippen molar-refractivity contribution >= 4 is 6.03 Å². The number of urea groups is 1. The number of rotatable bonds is 6. The largest absolute Gasteiger partial charge is 0.454 e. The van der Waals surface area contributed by atoms with Gasteiger partial charge in [-0.3, -0.25) is 0 Å². The number of ether oxygens (including phenoxy) is 3. The van der Waals surface area contributed by atoms with Crippen LogP contribution in [0.5, 0.6) is 17.2 Å². The molecule has 8 heteroatoms. The van der Waals surface area contributed by atoms with Gasteiger partial charge >= 0.3 is 12.6 Å². The highest BCUT2D eigenvalue weighted by molar-refractivity contribution is 5.74. The molecule has 0 aromatic heterocycles. The second-order valence-electron chi connectivity index (χ2n) is 6.87. The fourth-order valence-electron chi connectivity index (χ4n) is 3.73. The van der Waals surface area contributed by atoms with Crippen molar-refractivity contribution in [2.45, 2.75) is 38.8 Å². The summed E-state index contributed by atoms with van der Waals surface area (Å²) in [6, 6.07) is 2.58. The first kappa shape index (κ1) is 16.2. The van der Waals surface area contributed by atoms with E-state index >= 15 is 0 Å². The van der Waals surface area contributed by atoms with Gasteiger partial charge in [0.25, 0.3) is 0 Å². The lowest BCUT2D eigenvalue weighted by Gasteiger charge is -2.26. The summed E-state index contributed by atoms with van der Waals surface area (Å²) in [4.78, 5) is 12.0. The summed E-state index contributed by atoms with van der Waals surface area (Å²) in [5.41, 5.74) is 0.907. The minimum atomic E-state index is -2.96. The minimum Gasteiger partial charge on any atom is -0.454 e. The molecule has 2 amide bonds. The van der Waals surface area contributed by atoms with Crippen LogP contribution in [0.15, 0.2) is 12.1 Å². The van der Waals surface area contributed by atoms with E-state index in [0.29, 0.717) is 34.9 Å². The van der Waals surface area contributed by atoms with Crippen LogP contribution in [0.1, 0.15) is 31.2 Å². The SMILES string of the molecule is O=C(NCc1cc2c(cc1OC(F)F)OCO2)NCC1CC12CCC2. The Bertz CT molecular complexity index is 679. The summed E-state index contributed by atoms with van der Waals surface area (Å²) < 4.78 is 40.1. The molecule has 136 valence electrons. The highest BCUT2D eigenvalue weighted by Crippen LogP contribution is 2.65. The smallest absolute Gasteiger partial charge is 0.387 e. The van der Waals surface area contributed by atoms with E-state index in [2.05, 4.69) is 15.4 Å². The normalized spacial score (nSPS) is 21.8. The molecule has 0 radical (unpaired) electrons. The number of fused-ring (bicyclic) bond motifs is 1. The Labute approximate surface area is 143 Å². The molecular weight excluding hydrogens is 334 g/mol. The monoisotopic (exact) mass is 354 g/mol. The molecule has 2 aliphatic carbocycles. The van der Waals surface area contributed by atoms with Crippen molar-refractivity contribution in [1.29, 1.82) is 0 Å². The summed E-state index contributed by atoms with van der Waals surface area (Å²) in [7, 11) is 0. The van der Waals surface area contributed by atoms with Gasteiger partial charge in [-0.05, 0) is 36.7 Å². The average Bonchev–Trinajstić information content (AvgIpc) is 3.13. The number of benzene rings is 1. The molecule has 0 saturated heterocycles. The van der Waals surface area contributed by atoms with Crippen LogP contribution in [0.25, 0.3) is 0 Å². The zero-order valence-corrected chi connectivity index (χ0v) is 13.6. The maximum Gasteiger partial charge on any atom is 0.387 e. The van der Waals surface area contributed by atoms with Crippen LogP contribution in [0.3, 0.4) is 0 Å². The fourth-order valence-corrected chi connectivity index (χ4v) is 3.73. The maximum absolute atomic E-state index is 12.6. The number of carbonyl (C=O) groups excluding carboxylic acids is 1. The molecule has 4 rings (SSSR count). The molecule has 0 bridgehead atoms. The van der Waals surface area contributed by atoms with Gasteiger partial charge in [0.05, 0.1) is 0 Å². The van der Waals surface area contributed by atoms with Gasteiger partial charge in [0.1, 0.15) is 5.75 Å². The quantitative estimate of drug-likeness (QED) is 0.824. The second-order valence-corrected chi connectivity index (χ2v) is 6.87. The van der Waals surface area contributed by atoms with Crippen LogP contribution in [0.4, 0.5) is 13.6 Å². The summed E-state index contributed by atoms with van der Waals surface area (Å²) in [5, 5.41) is 5.53. The Balaban J connectivity index is 1.32. The van der Waals surface area contributed by atoms with Gasteiger partial charge in [0.2, 0.25) is 6.79 Å². The highest BCUT2D eigenvalue weighted by Gasteiger charge is 2.56. The molecule has 1 spiro atoms. The standard InChI is InChI=1S/C17H20F2N2O4/c18-15(19)25-12-5-14-13(23-9-24-14)4-10(12)7-20-16(22)21-8-11-6-17(11)2-1-3-17/h4-5,11,15H,1-3,6-9H2,(H2,20,21,22). The van der Waals surface area contributed by atoms with Crippen LogP contribution in [-0.2, 0) is 6.54 Å². The molecule has 2 saturated carbocycles. The van der Waals surface area contributed by atoms with E-state index in [1.165, 1.54) is 31.7 Å². The Morgan fingerprint density at radius 2 is 2.04 bits per heavy atom. The number of hydrogen-bond acceptors (Lipinski definition) is 4. The highest BCUT2D eigenvalue weighted by atomic mass is 19.3. The Hall–Kier alpha value is -2.25. The van der Waals surface area contributed by atoms with Gasteiger partial charge in [-0.15, -0.1) is 0 Å². The van der Waals surface area contributed by atoms with Crippen LogP contribution in [0, 0.1) is 11.3 Å². The van der Waals surface area contributed by atoms with Crippen molar-refractivity contribution in [3.63, 3.8) is 0 Å². The topological polar surface area (TPSA) is 68.8 Å². The zero-order valence-electron chi connectivity index (χ0n) is 13.6. The third-order valence-corrected chi connectivity index (χ3v) is 5.43. The number of halogens is 2. The predicted octanol–water partition coefficient (Wildman–Crippen LogP) is 3.01. The second kappa shape index (κ2) is 6.24. The molecule has 25 heavy (non-hydrogen) atoms. The molecule has 2 N–H and O–H groups in total. The first-order valence-corrected chi connectivity index (χ1v) is 8.45. The van der Waals surface area contributed by atoms with E-state index in [0.717, 1.165) is 0 Å². The van der Waals surface area contributed by atoms with Gasteiger partial charge in [-0.2, -0.15) is 8.78 Å². The van der Waals surface area contributed by atoms with Gasteiger partial charge in [0, 0.05) is 24.7 Å². The Kier molecular flexibility index (Phi) is 4.05. The molecule has 6 nitrogen and oxygen atoms in total. The summed E-state index contributed by atoms with van der Waals surface area (Å²) in [6.45, 7) is -2.21. The van der Waals surface area contributed by atoms with Crippen molar-refractivity contribution in [1.82, 2.24) is 10.6 Å². The summed E-state index contributed by atoms with van der Waals surface area (Å²) in [6.07, 6.45) is 5.03. The van der Waals surface area contributed by atoms with E-state index in [1.807, 2.05) is 0 Å². The fraction of sp³-hybridized carbons (Fsp3) is 0.588. The van der Waals surface area contributed by atoms with Gasteiger partial charge in [-0.1, -0.05) is 6.42 Å². The molecule has 1 aliphatic heterocycles. The molecule has 1 aromatic carbocycles.